The molecule has 0 saturated carbocycles. The van der Waals surface area contributed by atoms with E-state index in [4.69, 9.17) is 0 Å². The van der Waals surface area contributed by atoms with Gasteiger partial charge in [0, 0.05) is 16.9 Å². The van der Waals surface area contributed by atoms with Gasteiger partial charge in [-0.1, -0.05) is 48.6 Å². The van der Waals surface area contributed by atoms with E-state index in [1.165, 1.54) is 16.0 Å². The molecule has 88 valence electrons. The molecule has 1 aromatic carbocycles. The number of fused-ring (bicyclic) bond motifs is 2. The number of rotatable bonds is 0. The lowest BCUT2D eigenvalue weighted by Crippen LogP contribution is -1.86. The van der Waals surface area contributed by atoms with E-state index in [1.54, 1.807) is 0 Å². The number of nitrogens with zero attached hydrogens (tertiary/aromatic N) is 1. The third-order valence-electron chi connectivity index (χ3n) is 2.85. The quantitative estimate of drug-likeness (QED) is 0.662. The molecule has 0 radical (unpaired) electrons. The van der Waals surface area contributed by atoms with E-state index in [9.17, 15) is 0 Å². The fourth-order valence-corrected chi connectivity index (χ4v) is 2.73. The molecule has 2 aliphatic carbocycles. The zero-order valence-corrected chi connectivity index (χ0v) is 10.7. The minimum atomic E-state index is 1.01. The van der Waals surface area contributed by atoms with Gasteiger partial charge in [0.05, 0.1) is 5.69 Å². The fraction of sp³-hybridized carbons (Fsp3) is 0.0625. The molecule has 1 aromatic rings. The average molecular weight is 251 g/mol. The van der Waals surface area contributed by atoms with Gasteiger partial charge in [0.1, 0.15) is 0 Å². The Morgan fingerprint density at radius 1 is 0.944 bits per heavy atom. The summed E-state index contributed by atoms with van der Waals surface area (Å²) in [7, 11) is 0. The number of benzene rings is 1. The molecule has 0 amide bonds. The maximum atomic E-state index is 4.25. The molecule has 0 atom stereocenters. The van der Waals surface area contributed by atoms with Gasteiger partial charge in [-0.05, 0) is 23.3 Å². The molecular weight excluding hydrogens is 238 g/mol. The van der Waals surface area contributed by atoms with Crippen molar-refractivity contribution in [1.82, 2.24) is 0 Å². The van der Waals surface area contributed by atoms with Gasteiger partial charge in [0.15, 0.2) is 0 Å². The predicted octanol–water partition coefficient (Wildman–Crippen LogP) is 4.47. The third kappa shape index (κ3) is 2.39. The normalized spacial score (nSPS) is 17.6. The van der Waals surface area contributed by atoms with Gasteiger partial charge in [0.25, 0.3) is 0 Å². The van der Waals surface area contributed by atoms with E-state index >= 15 is 0 Å². The average Bonchev–Trinajstić information content (AvgIpc) is 3.03. The molecule has 0 spiro atoms. The molecule has 3 aliphatic rings. The van der Waals surface area contributed by atoms with Crippen molar-refractivity contribution in [2.24, 2.45) is 4.99 Å². The van der Waals surface area contributed by atoms with Crippen LogP contribution < -0.4 is 0 Å². The number of hydrogen-bond donors (Lipinski definition) is 0. The summed E-state index contributed by atoms with van der Waals surface area (Å²) < 4.78 is 0. The highest BCUT2D eigenvalue weighted by Gasteiger charge is 2.04. The highest BCUT2D eigenvalue weighted by Crippen LogP contribution is 2.31. The highest BCUT2D eigenvalue weighted by molar-refractivity contribution is 8.00. The number of aliphatic imine (C=N–C) groups is 1. The zero-order valence-electron chi connectivity index (χ0n) is 9.91. The van der Waals surface area contributed by atoms with Crippen LogP contribution in [-0.2, 0) is 0 Å². The van der Waals surface area contributed by atoms with Crippen LogP contribution in [0.3, 0.4) is 0 Å². The molecule has 0 aromatic heterocycles. The largest absolute Gasteiger partial charge is 0.259 e. The zero-order chi connectivity index (χ0) is 12.2. The Hall–Kier alpha value is -1.80. The summed E-state index contributed by atoms with van der Waals surface area (Å²) in [5.41, 5.74) is 3.81. The van der Waals surface area contributed by atoms with Gasteiger partial charge in [-0.15, -0.1) is 11.8 Å². The molecule has 2 heteroatoms. The maximum absolute atomic E-state index is 4.25. The fourth-order valence-electron chi connectivity index (χ4n) is 1.96. The number of hydrogen-bond acceptors (Lipinski definition) is 2. The molecule has 1 aliphatic heterocycles. The third-order valence-corrected chi connectivity index (χ3v) is 3.82. The molecule has 0 saturated heterocycles. The lowest BCUT2D eigenvalue weighted by molar-refractivity contribution is 1.36. The van der Waals surface area contributed by atoms with Crippen LogP contribution in [0.25, 0.3) is 0 Å². The summed E-state index contributed by atoms with van der Waals surface area (Å²) in [5, 5.41) is 0. The molecule has 1 nitrogen and oxygen atoms in total. The van der Waals surface area contributed by atoms with Crippen molar-refractivity contribution < 1.29 is 0 Å². The second-order valence-corrected chi connectivity index (χ2v) is 5.11. The van der Waals surface area contributed by atoms with Gasteiger partial charge in [-0.25, -0.2) is 0 Å². The van der Waals surface area contributed by atoms with Crippen molar-refractivity contribution in [2.75, 3.05) is 5.75 Å². The molecule has 4 rings (SSSR count). The van der Waals surface area contributed by atoms with Crippen LogP contribution in [0.1, 0.15) is 0 Å². The van der Waals surface area contributed by atoms with E-state index in [2.05, 4.69) is 47.5 Å². The van der Waals surface area contributed by atoms with Crippen molar-refractivity contribution in [2.45, 2.75) is 4.90 Å². The standard InChI is InChI=1S/C8H7NS.C8H6/c1-2-4-8-7(3-1)9-5-6-10-8;1-3-7-5-2-6-8(7)4-1/h1-5H,6H2;1-6H. The van der Waals surface area contributed by atoms with Crippen LogP contribution in [0.2, 0.25) is 0 Å². The van der Waals surface area contributed by atoms with Crippen molar-refractivity contribution >= 4 is 23.7 Å². The SMILES string of the molecule is C1=CC2=CC=CC2=C1.C1=Nc2ccccc2SC1. The lowest BCUT2D eigenvalue weighted by atomic mass is 10.2. The predicted molar refractivity (Wildman–Crippen MR) is 79.8 cm³/mol. The summed E-state index contributed by atoms with van der Waals surface area (Å²) in [6.07, 6.45) is 14.6. The number of thioether (sulfide) groups is 1. The Kier molecular flexibility index (Phi) is 3.29. The molecular formula is C16H13NS. The topological polar surface area (TPSA) is 12.4 Å². The van der Waals surface area contributed by atoms with Gasteiger partial charge < -0.3 is 0 Å². The minimum absolute atomic E-state index is 1.01. The van der Waals surface area contributed by atoms with Crippen molar-refractivity contribution in [3.05, 3.63) is 71.9 Å². The van der Waals surface area contributed by atoms with E-state index in [0.29, 0.717) is 0 Å². The summed E-state index contributed by atoms with van der Waals surface area (Å²) in [6.45, 7) is 0. The second kappa shape index (κ2) is 5.23. The summed E-state index contributed by atoms with van der Waals surface area (Å²) >= 11 is 1.84. The first-order valence-electron chi connectivity index (χ1n) is 5.95. The summed E-state index contributed by atoms with van der Waals surface area (Å²) in [4.78, 5) is 5.54. The summed E-state index contributed by atoms with van der Waals surface area (Å²) in [5.74, 6) is 1.01. The Morgan fingerprint density at radius 2 is 1.67 bits per heavy atom. The van der Waals surface area contributed by atoms with Crippen molar-refractivity contribution in [3.8, 4) is 0 Å². The number of allylic oxidation sites excluding steroid dienone is 8. The maximum Gasteiger partial charge on any atom is 0.0761 e. The highest BCUT2D eigenvalue weighted by atomic mass is 32.2. The first-order chi connectivity index (χ1) is 8.93. The van der Waals surface area contributed by atoms with Crippen LogP contribution in [0.15, 0.2) is 81.8 Å². The summed E-state index contributed by atoms with van der Waals surface area (Å²) in [6, 6.07) is 8.21. The molecule has 0 bridgehead atoms. The van der Waals surface area contributed by atoms with E-state index in [-0.39, 0.29) is 0 Å². The molecule has 0 N–H and O–H groups in total. The Balaban J connectivity index is 0.000000114. The van der Waals surface area contributed by atoms with Crippen LogP contribution in [0, 0.1) is 0 Å². The van der Waals surface area contributed by atoms with Gasteiger partial charge >= 0.3 is 0 Å². The molecule has 1 heterocycles. The lowest BCUT2D eigenvalue weighted by Gasteiger charge is -2.06. The van der Waals surface area contributed by atoms with E-state index in [1.807, 2.05) is 36.2 Å². The van der Waals surface area contributed by atoms with E-state index < -0.39 is 0 Å². The first-order valence-corrected chi connectivity index (χ1v) is 6.93. The molecule has 18 heavy (non-hydrogen) atoms. The molecule has 0 fully saturated rings. The Morgan fingerprint density at radius 3 is 2.39 bits per heavy atom. The van der Waals surface area contributed by atoms with Crippen LogP contribution >= 0.6 is 11.8 Å². The van der Waals surface area contributed by atoms with Gasteiger partial charge in [-0.2, -0.15) is 0 Å². The van der Waals surface area contributed by atoms with E-state index in [0.717, 1.165) is 11.4 Å². The van der Waals surface area contributed by atoms with Crippen molar-refractivity contribution in [3.63, 3.8) is 0 Å². The first kappa shape index (κ1) is 11.3. The van der Waals surface area contributed by atoms with Crippen LogP contribution in [0.4, 0.5) is 5.69 Å². The number of para-hydroxylation sites is 1. The van der Waals surface area contributed by atoms with Crippen LogP contribution in [0.5, 0.6) is 0 Å². The minimum Gasteiger partial charge on any atom is -0.259 e. The smallest absolute Gasteiger partial charge is 0.0761 e. The Labute approximate surface area is 111 Å². The monoisotopic (exact) mass is 251 g/mol. The Bertz CT molecular complexity index is 577. The van der Waals surface area contributed by atoms with Crippen molar-refractivity contribution in [1.29, 1.82) is 0 Å². The second-order valence-electron chi connectivity index (χ2n) is 4.05. The van der Waals surface area contributed by atoms with Gasteiger partial charge in [0.2, 0.25) is 0 Å². The van der Waals surface area contributed by atoms with Gasteiger partial charge in [-0.3, -0.25) is 4.99 Å². The van der Waals surface area contributed by atoms with Crippen LogP contribution in [-0.4, -0.2) is 12.0 Å². The molecule has 0 unspecified atom stereocenters.